The predicted molar refractivity (Wildman–Crippen MR) is 131 cm³/mol. The summed E-state index contributed by atoms with van der Waals surface area (Å²) < 4.78 is 5.36. The molecule has 3 N–H and O–H groups in total. The van der Waals surface area contributed by atoms with Crippen LogP contribution in [0.3, 0.4) is 0 Å². The maximum absolute atomic E-state index is 12.0. The maximum atomic E-state index is 12.0. The summed E-state index contributed by atoms with van der Waals surface area (Å²) in [6, 6.07) is 8.08. The zero-order valence-electron chi connectivity index (χ0n) is 18.2. The molecule has 0 spiro atoms. The highest BCUT2D eigenvalue weighted by atomic mass is 127. The molecule has 1 aliphatic rings. The Morgan fingerprint density at radius 2 is 2.13 bits per heavy atom. The number of amides is 1. The number of hydrogen-bond donors (Lipinski definition) is 3. The number of fused-ring (bicyclic) bond motifs is 1. The van der Waals surface area contributed by atoms with Crippen LogP contribution in [0, 0.1) is 0 Å². The van der Waals surface area contributed by atoms with Gasteiger partial charge in [0.05, 0.1) is 17.1 Å². The lowest BCUT2D eigenvalue weighted by Crippen LogP contribution is -2.44. The maximum Gasteiger partial charge on any atom is 0.407 e. The number of aromatic nitrogens is 2. The molecule has 2 aromatic rings. The molecule has 1 amide bonds. The van der Waals surface area contributed by atoms with Crippen LogP contribution < -0.4 is 10.6 Å². The molecule has 166 valence electrons. The fraction of sp³-hybridized carbons (Fsp3) is 0.571. The molecule has 8 nitrogen and oxygen atoms in total. The number of aromatic amines is 1. The predicted octanol–water partition coefficient (Wildman–Crippen LogP) is 3.29. The van der Waals surface area contributed by atoms with E-state index in [-0.39, 0.29) is 36.1 Å². The molecule has 1 fully saturated rings. The molecule has 0 bridgehead atoms. The van der Waals surface area contributed by atoms with Crippen molar-refractivity contribution < 1.29 is 9.53 Å². The normalized spacial score (nSPS) is 17.0. The molecule has 2 heterocycles. The van der Waals surface area contributed by atoms with Crippen molar-refractivity contribution in [1.82, 2.24) is 25.5 Å². The lowest BCUT2D eigenvalue weighted by atomic mass is 10.2. The molecule has 1 aromatic heterocycles. The highest BCUT2D eigenvalue weighted by Crippen LogP contribution is 2.13. The largest absolute Gasteiger partial charge is 0.444 e. The van der Waals surface area contributed by atoms with E-state index in [9.17, 15) is 4.79 Å². The fourth-order valence-electron chi connectivity index (χ4n) is 3.36. The summed E-state index contributed by atoms with van der Waals surface area (Å²) in [6.45, 7) is 10.7. The van der Waals surface area contributed by atoms with Crippen LogP contribution >= 0.6 is 24.0 Å². The van der Waals surface area contributed by atoms with Gasteiger partial charge in [-0.15, -0.1) is 24.0 Å². The number of nitrogens with one attached hydrogen (secondary N) is 3. The molecular weight excluding hydrogens is 495 g/mol. The van der Waals surface area contributed by atoms with Crippen LogP contribution in [-0.2, 0) is 11.2 Å². The first kappa shape index (κ1) is 24.2. The molecule has 0 aliphatic carbocycles. The average Bonchev–Trinajstić information content (AvgIpc) is 3.25. The Balaban J connectivity index is 0.00000320. The molecule has 1 aromatic carbocycles. The molecule has 1 atom stereocenters. The third kappa shape index (κ3) is 7.03. The van der Waals surface area contributed by atoms with Gasteiger partial charge >= 0.3 is 6.09 Å². The number of guanidine groups is 1. The lowest BCUT2D eigenvalue weighted by Gasteiger charge is -2.23. The fourth-order valence-corrected chi connectivity index (χ4v) is 3.36. The zero-order chi connectivity index (χ0) is 20.9. The Kier molecular flexibility index (Phi) is 8.75. The lowest BCUT2D eigenvalue weighted by molar-refractivity contribution is 0.0507. The van der Waals surface area contributed by atoms with Crippen molar-refractivity contribution >= 4 is 47.1 Å². The van der Waals surface area contributed by atoms with Crippen LogP contribution in [0.2, 0.25) is 0 Å². The van der Waals surface area contributed by atoms with E-state index in [4.69, 9.17) is 9.73 Å². The zero-order valence-corrected chi connectivity index (χ0v) is 20.5. The Hall–Kier alpha value is -2.04. The van der Waals surface area contributed by atoms with Gasteiger partial charge in [0, 0.05) is 32.6 Å². The van der Waals surface area contributed by atoms with Crippen LogP contribution in [0.4, 0.5) is 4.79 Å². The van der Waals surface area contributed by atoms with E-state index in [0.29, 0.717) is 6.54 Å². The SMILES string of the molecule is CCNC(=NCCc1nc2ccccc2[nH]1)N1CCC(NC(=O)OC(C)(C)C)C1.I. The second-order valence-electron chi connectivity index (χ2n) is 8.26. The Labute approximate surface area is 195 Å². The standard InChI is InChI=1S/C21H32N6O2.HI/c1-5-22-19(23-12-10-18-25-16-8-6-7-9-17(16)26-18)27-13-11-15(14-27)24-20(28)29-21(2,3)4;/h6-9,15H,5,10-14H2,1-4H3,(H,22,23)(H,24,28)(H,25,26);1H. The number of imidazole rings is 1. The minimum absolute atomic E-state index is 0. The topological polar surface area (TPSA) is 94.6 Å². The van der Waals surface area contributed by atoms with Gasteiger partial charge in [-0.3, -0.25) is 4.99 Å². The number of ether oxygens (including phenoxy) is 1. The van der Waals surface area contributed by atoms with E-state index in [0.717, 1.165) is 55.3 Å². The van der Waals surface area contributed by atoms with Gasteiger partial charge in [0.25, 0.3) is 0 Å². The molecule has 9 heteroatoms. The second-order valence-corrected chi connectivity index (χ2v) is 8.26. The summed E-state index contributed by atoms with van der Waals surface area (Å²) >= 11 is 0. The molecule has 3 rings (SSSR count). The number of aliphatic imine (C=N–C) groups is 1. The monoisotopic (exact) mass is 528 g/mol. The molecule has 30 heavy (non-hydrogen) atoms. The van der Waals surface area contributed by atoms with Crippen molar-refractivity contribution in [3.8, 4) is 0 Å². The van der Waals surface area contributed by atoms with Crippen LogP contribution in [0.15, 0.2) is 29.3 Å². The summed E-state index contributed by atoms with van der Waals surface area (Å²) in [4.78, 5) is 26.9. The number of H-pyrrole nitrogens is 1. The number of para-hydroxylation sites is 2. The van der Waals surface area contributed by atoms with Gasteiger partial charge in [0.1, 0.15) is 11.4 Å². The molecule has 1 aliphatic heterocycles. The summed E-state index contributed by atoms with van der Waals surface area (Å²) in [5.41, 5.74) is 1.54. The van der Waals surface area contributed by atoms with Crippen LogP contribution in [0.25, 0.3) is 11.0 Å². The van der Waals surface area contributed by atoms with Crippen molar-refractivity contribution in [1.29, 1.82) is 0 Å². The van der Waals surface area contributed by atoms with Gasteiger partial charge in [-0.05, 0) is 46.2 Å². The van der Waals surface area contributed by atoms with Crippen LogP contribution in [0.5, 0.6) is 0 Å². The van der Waals surface area contributed by atoms with Crippen molar-refractivity contribution in [2.24, 2.45) is 4.99 Å². The Morgan fingerprint density at radius 3 is 2.83 bits per heavy atom. The number of carbonyl (C=O) groups excluding carboxylic acids is 1. The number of likely N-dealkylation sites (tertiary alicyclic amines) is 1. The van der Waals surface area contributed by atoms with E-state index in [1.54, 1.807) is 0 Å². The van der Waals surface area contributed by atoms with Gasteiger partial charge in [-0.1, -0.05) is 12.1 Å². The minimum Gasteiger partial charge on any atom is -0.444 e. The summed E-state index contributed by atoms with van der Waals surface area (Å²) in [7, 11) is 0. The first-order valence-electron chi connectivity index (χ1n) is 10.3. The number of rotatable bonds is 5. The third-order valence-electron chi connectivity index (χ3n) is 4.59. The number of benzene rings is 1. The van der Waals surface area contributed by atoms with Gasteiger partial charge in [-0.2, -0.15) is 0 Å². The summed E-state index contributed by atoms with van der Waals surface area (Å²) in [6.07, 6.45) is 1.25. The Bertz CT molecular complexity index is 828. The highest BCUT2D eigenvalue weighted by Gasteiger charge is 2.27. The molecule has 0 radical (unpaired) electrons. The highest BCUT2D eigenvalue weighted by molar-refractivity contribution is 14.0. The van der Waals surface area contributed by atoms with Crippen LogP contribution in [-0.4, -0.2) is 64.7 Å². The van der Waals surface area contributed by atoms with Crippen molar-refractivity contribution in [2.75, 3.05) is 26.2 Å². The van der Waals surface area contributed by atoms with E-state index >= 15 is 0 Å². The van der Waals surface area contributed by atoms with E-state index in [2.05, 4.69) is 32.4 Å². The molecule has 1 saturated heterocycles. The van der Waals surface area contributed by atoms with Crippen molar-refractivity contribution in [3.05, 3.63) is 30.1 Å². The second kappa shape index (κ2) is 10.8. The number of halogens is 1. The van der Waals surface area contributed by atoms with E-state index in [1.165, 1.54) is 0 Å². The average molecular weight is 528 g/mol. The van der Waals surface area contributed by atoms with E-state index in [1.807, 2.05) is 45.0 Å². The molecule has 0 saturated carbocycles. The van der Waals surface area contributed by atoms with Gasteiger partial charge in [0.2, 0.25) is 0 Å². The Morgan fingerprint density at radius 1 is 1.37 bits per heavy atom. The first-order chi connectivity index (χ1) is 13.8. The minimum atomic E-state index is -0.491. The summed E-state index contributed by atoms with van der Waals surface area (Å²) in [5.74, 6) is 1.81. The number of alkyl carbamates (subject to hydrolysis) is 1. The van der Waals surface area contributed by atoms with Gasteiger partial charge in [-0.25, -0.2) is 9.78 Å². The first-order valence-corrected chi connectivity index (χ1v) is 10.3. The third-order valence-corrected chi connectivity index (χ3v) is 4.59. The molecular formula is C21H33IN6O2. The number of hydrogen-bond acceptors (Lipinski definition) is 4. The summed E-state index contributed by atoms with van der Waals surface area (Å²) in [5, 5.41) is 6.31. The van der Waals surface area contributed by atoms with Crippen LogP contribution in [0.1, 0.15) is 39.9 Å². The van der Waals surface area contributed by atoms with Crippen molar-refractivity contribution in [2.45, 2.75) is 52.2 Å². The quantitative estimate of drug-likeness (QED) is 0.315. The molecule has 1 unspecified atom stereocenters. The number of carbonyl (C=O) groups is 1. The number of nitrogens with zero attached hydrogens (tertiary/aromatic N) is 3. The van der Waals surface area contributed by atoms with Gasteiger partial charge in [0.15, 0.2) is 5.96 Å². The van der Waals surface area contributed by atoms with Gasteiger partial charge < -0.3 is 25.3 Å². The smallest absolute Gasteiger partial charge is 0.407 e. The van der Waals surface area contributed by atoms with Crippen molar-refractivity contribution in [3.63, 3.8) is 0 Å². The van der Waals surface area contributed by atoms with E-state index < -0.39 is 5.60 Å².